The summed E-state index contributed by atoms with van der Waals surface area (Å²) in [7, 11) is 1.54. The minimum absolute atomic E-state index is 0.0271. The van der Waals surface area contributed by atoms with Gasteiger partial charge in [-0.1, -0.05) is 40.9 Å². The summed E-state index contributed by atoms with van der Waals surface area (Å²) in [5.41, 5.74) is 4.08. The molecule has 0 bridgehead atoms. The molecule has 0 saturated carbocycles. The van der Waals surface area contributed by atoms with Gasteiger partial charge in [0, 0.05) is 0 Å². The molecule has 3 rings (SSSR count). The van der Waals surface area contributed by atoms with E-state index in [0.29, 0.717) is 33.8 Å². The molecule has 2 N–H and O–H groups in total. The summed E-state index contributed by atoms with van der Waals surface area (Å²) in [6.45, 7) is 0.302. The number of aromatic nitrogens is 2. The lowest BCUT2D eigenvalue weighted by molar-refractivity contribution is 0.284. The zero-order valence-electron chi connectivity index (χ0n) is 15.1. The van der Waals surface area contributed by atoms with E-state index in [-0.39, 0.29) is 5.02 Å². The third-order valence-electron chi connectivity index (χ3n) is 3.76. The number of anilines is 1. The minimum atomic E-state index is -0.503. The van der Waals surface area contributed by atoms with Crippen LogP contribution >= 0.6 is 34.8 Å². The van der Waals surface area contributed by atoms with Gasteiger partial charge in [0.2, 0.25) is 0 Å². The molecule has 10 heteroatoms. The number of benzene rings is 2. The molecule has 7 nitrogen and oxygen atoms in total. The van der Waals surface area contributed by atoms with Crippen molar-refractivity contribution in [3.05, 3.63) is 79.1 Å². The van der Waals surface area contributed by atoms with Crippen molar-refractivity contribution in [2.24, 2.45) is 5.10 Å². The second-order valence-electron chi connectivity index (χ2n) is 5.74. The molecule has 1 aromatic heterocycles. The van der Waals surface area contributed by atoms with Gasteiger partial charge in [-0.25, -0.2) is 5.10 Å². The fourth-order valence-corrected chi connectivity index (χ4v) is 2.77. The molecule has 150 valence electrons. The number of nitrogens with zero attached hydrogens (tertiary/aromatic N) is 2. The van der Waals surface area contributed by atoms with Crippen LogP contribution in [-0.2, 0) is 6.61 Å². The summed E-state index contributed by atoms with van der Waals surface area (Å²) in [4.78, 5) is 11.4. The quantitative estimate of drug-likeness (QED) is 0.397. The van der Waals surface area contributed by atoms with Crippen molar-refractivity contribution in [3.63, 3.8) is 0 Å². The Morgan fingerprint density at radius 3 is 2.72 bits per heavy atom. The predicted octanol–water partition coefficient (Wildman–Crippen LogP) is 4.76. The summed E-state index contributed by atoms with van der Waals surface area (Å²) in [6.07, 6.45) is 2.91. The van der Waals surface area contributed by atoms with Crippen molar-refractivity contribution in [1.29, 1.82) is 0 Å². The van der Waals surface area contributed by atoms with Crippen LogP contribution in [0.25, 0.3) is 0 Å². The van der Waals surface area contributed by atoms with Crippen LogP contribution in [0.4, 0.5) is 5.69 Å². The Kier molecular flexibility index (Phi) is 6.98. The molecule has 0 saturated heterocycles. The second kappa shape index (κ2) is 9.65. The molecule has 0 amide bonds. The largest absolute Gasteiger partial charge is 0.493 e. The Hall–Kier alpha value is -2.74. The molecular weight excluding hydrogens is 439 g/mol. The lowest BCUT2D eigenvalue weighted by Crippen LogP contribution is -2.10. The van der Waals surface area contributed by atoms with Crippen LogP contribution in [0.5, 0.6) is 11.5 Å². The molecule has 0 aliphatic heterocycles. The van der Waals surface area contributed by atoms with Crippen LogP contribution in [0, 0.1) is 0 Å². The average Bonchev–Trinajstić information content (AvgIpc) is 2.72. The molecule has 0 atom stereocenters. The summed E-state index contributed by atoms with van der Waals surface area (Å²) < 4.78 is 11.2. The fourth-order valence-electron chi connectivity index (χ4n) is 2.31. The molecule has 0 fully saturated rings. The Bertz CT molecular complexity index is 1100. The Morgan fingerprint density at radius 2 is 1.97 bits per heavy atom. The van der Waals surface area contributed by atoms with Gasteiger partial charge in [0.05, 0.1) is 29.6 Å². The number of H-pyrrole nitrogens is 1. The van der Waals surface area contributed by atoms with E-state index in [1.165, 1.54) is 6.20 Å². The van der Waals surface area contributed by atoms with Gasteiger partial charge in [-0.2, -0.15) is 10.2 Å². The topological polar surface area (TPSA) is 88.6 Å². The van der Waals surface area contributed by atoms with Crippen molar-refractivity contribution >= 4 is 46.7 Å². The first-order valence-corrected chi connectivity index (χ1v) is 9.38. The van der Waals surface area contributed by atoms with Gasteiger partial charge in [0.15, 0.2) is 11.5 Å². The maximum atomic E-state index is 11.4. The number of methoxy groups -OCH3 is 1. The van der Waals surface area contributed by atoms with Gasteiger partial charge in [0.25, 0.3) is 5.56 Å². The van der Waals surface area contributed by atoms with Gasteiger partial charge in [0.1, 0.15) is 17.3 Å². The number of ether oxygens (including phenoxy) is 2. The molecule has 3 aromatic rings. The highest BCUT2D eigenvalue weighted by Gasteiger charge is 2.07. The van der Waals surface area contributed by atoms with Crippen molar-refractivity contribution in [2.45, 2.75) is 6.61 Å². The standard InChI is InChI=1S/C19H15Cl3N4O3/c1-28-17-7-11(8-23-25-15-9-24-26-19(27)18(15)22)3-5-16(17)29-10-12-2-4-13(20)14(21)6-12/h2-9H,10H2,1H3,(H2,25,26,27)/b23-8-. The third kappa shape index (κ3) is 5.41. The first-order valence-electron chi connectivity index (χ1n) is 8.25. The lowest BCUT2D eigenvalue weighted by atomic mass is 10.2. The zero-order valence-corrected chi connectivity index (χ0v) is 17.3. The normalized spacial score (nSPS) is 10.9. The maximum absolute atomic E-state index is 11.4. The number of nitrogens with one attached hydrogen (secondary N) is 2. The molecule has 0 unspecified atom stereocenters. The Morgan fingerprint density at radius 1 is 1.14 bits per heavy atom. The van der Waals surface area contributed by atoms with E-state index in [4.69, 9.17) is 44.3 Å². The van der Waals surface area contributed by atoms with Crippen LogP contribution in [0.1, 0.15) is 11.1 Å². The second-order valence-corrected chi connectivity index (χ2v) is 6.94. The molecule has 0 radical (unpaired) electrons. The molecule has 0 aliphatic rings. The summed E-state index contributed by atoms with van der Waals surface area (Å²) in [5.74, 6) is 1.09. The van der Waals surface area contributed by atoms with Crippen LogP contribution in [0.3, 0.4) is 0 Å². The number of hydrogen-bond acceptors (Lipinski definition) is 6. The van der Waals surface area contributed by atoms with Gasteiger partial charge >= 0.3 is 0 Å². The van der Waals surface area contributed by atoms with Gasteiger partial charge in [-0.3, -0.25) is 10.2 Å². The van der Waals surface area contributed by atoms with E-state index in [1.54, 1.807) is 43.7 Å². The van der Waals surface area contributed by atoms with Crippen LogP contribution < -0.4 is 20.5 Å². The highest BCUT2D eigenvalue weighted by atomic mass is 35.5. The summed E-state index contributed by atoms with van der Waals surface area (Å²) >= 11 is 17.8. The van der Waals surface area contributed by atoms with Crippen molar-refractivity contribution in [1.82, 2.24) is 10.2 Å². The van der Waals surface area contributed by atoms with Gasteiger partial charge < -0.3 is 9.47 Å². The zero-order chi connectivity index (χ0) is 20.8. The van der Waals surface area contributed by atoms with Crippen LogP contribution in [0.2, 0.25) is 15.1 Å². The molecule has 2 aromatic carbocycles. The first kappa shape index (κ1) is 21.0. The highest BCUT2D eigenvalue weighted by molar-refractivity contribution is 6.42. The highest BCUT2D eigenvalue weighted by Crippen LogP contribution is 2.29. The summed E-state index contributed by atoms with van der Waals surface area (Å²) in [5, 5.41) is 10.9. The fraction of sp³-hybridized carbons (Fsp3) is 0.105. The van der Waals surface area contributed by atoms with E-state index in [0.717, 1.165) is 11.1 Å². The molecular formula is C19H15Cl3N4O3. The smallest absolute Gasteiger partial charge is 0.285 e. The number of halogens is 3. The van der Waals surface area contributed by atoms with Gasteiger partial charge in [-0.15, -0.1) is 0 Å². The Labute approximate surface area is 181 Å². The van der Waals surface area contributed by atoms with E-state index in [9.17, 15) is 4.79 Å². The van der Waals surface area contributed by atoms with E-state index >= 15 is 0 Å². The van der Waals surface area contributed by atoms with Crippen LogP contribution in [-0.4, -0.2) is 23.5 Å². The average molecular weight is 454 g/mol. The van der Waals surface area contributed by atoms with E-state index in [1.807, 2.05) is 6.07 Å². The predicted molar refractivity (Wildman–Crippen MR) is 115 cm³/mol. The number of hydrogen-bond donors (Lipinski definition) is 2. The molecule has 1 heterocycles. The summed E-state index contributed by atoms with van der Waals surface area (Å²) in [6, 6.07) is 10.6. The van der Waals surface area contributed by atoms with Crippen molar-refractivity contribution < 1.29 is 9.47 Å². The van der Waals surface area contributed by atoms with Crippen molar-refractivity contribution in [3.8, 4) is 11.5 Å². The molecule has 0 aliphatic carbocycles. The maximum Gasteiger partial charge on any atom is 0.285 e. The van der Waals surface area contributed by atoms with E-state index in [2.05, 4.69) is 20.7 Å². The third-order valence-corrected chi connectivity index (χ3v) is 4.87. The first-order chi connectivity index (χ1) is 14.0. The SMILES string of the molecule is COc1cc(/C=N\Nc2cn[nH]c(=O)c2Cl)ccc1OCc1ccc(Cl)c(Cl)c1. The van der Waals surface area contributed by atoms with Crippen LogP contribution in [0.15, 0.2) is 52.5 Å². The van der Waals surface area contributed by atoms with Crippen molar-refractivity contribution in [2.75, 3.05) is 12.5 Å². The lowest BCUT2D eigenvalue weighted by Gasteiger charge is -2.12. The number of rotatable bonds is 7. The minimum Gasteiger partial charge on any atom is -0.493 e. The monoisotopic (exact) mass is 452 g/mol. The number of aromatic amines is 1. The van der Waals surface area contributed by atoms with E-state index < -0.39 is 5.56 Å². The van der Waals surface area contributed by atoms with Gasteiger partial charge in [-0.05, 0) is 41.5 Å². The number of hydrazone groups is 1. The molecule has 0 spiro atoms. The molecule has 29 heavy (non-hydrogen) atoms. The Balaban J connectivity index is 1.68.